The summed E-state index contributed by atoms with van der Waals surface area (Å²) in [6, 6.07) is 13.7. The molecule has 1 aliphatic heterocycles. The molecule has 0 saturated carbocycles. The first-order valence-electron chi connectivity index (χ1n) is 9.68. The Kier molecular flexibility index (Phi) is 9.49. The van der Waals surface area contributed by atoms with Gasteiger partial charge in [-0.15, -0.1) is 24.0 Å². The molecule has 28 heavy (non-hydrogen) atoms. The highest BCUT2D eigenvalue weighted by atomic mass is 127. The van der Waals surface area contributed by atoms with E-state index < -0.39 is 0 Å². The lowest BCUT2D eigenvalue weighted by Crippen LogP contribution is -2.48. The normalized spacial score (nSPS) is 15.7. The highest BCUT2D eigenvalue weighted by Crippen LogP contribution is 2.13. The molecular formula is C21H30IN5O. The van der Waals surface area contributed by atoms with E-state index in [4.69, 9.17) is 0 Å². The van der Waals surface area contributed by atoms with Gasteiger partial charge in [0.05, 0.1) is 12.2 Å². The number of pyridine rings is 1. The first kappa shape index (κ1) is 22.4. The van der Waals surface area contributed by atoms with Gasteiger partial charge in [-0.2, -0.15) is 0 Å². The Morgan fingerprint density at radius 2 is 1.93 bits per heavy atom. The zero-order chi connectivity index (χ0) is 18.9. The van der Waals surface area contributed by atoms with Crippen molar-refractivity contribution in [3.63, 3.8) is 0 Å². The molecule has 0 unspecified atom stereocenters. The van der Waals surface area contributed by atoms with E-state index in [1.54, 1.807) is 12.1 Å². The number of phenolic OH excluding ortho intramolecular Hbond substituents is 1. The van der Waals surface area contributed by atoms with Crippen LogP contribution in [0.2, 0.25) is 0 Å². The number of likely N-dealkylation sites (tertiary alicyclic amines) is 1. The summed E-state index contributed by atoms with van der Waals surface area (Å²) in [5.74, 6) is 1.14. The number of piperidine rings is 1. The fourth-order valence-electron chi connectivity index (χ4n) is 3.24. The number of guanidine groups is 1. The van der Waals surface area contributed by atoms with Gasteiger partial charge in [0.1, 0.15) is 5.75 Å². The zero-order valence-corrected chi connectivity index (χ0v) is 18.7. The van der Waals surface area contributed by atoms with Gasteiger partial charge in [0, 0.05) is 38.4 Å². The van der Waals surface area contributed by atoms with Crippen molar-refractivity contribution in [1.82, 2.24) is 20.5 Å². The number of phenols is 1. The second-order valence-corrected chi connectivity index (χ2v) is 6.88. The minimum atomic E-state index is 0. The number of aliphatic imine (C=N–C) groups is 1. The van der Waals surface area contributed by atoms with Gasteiger partial charge in [0.25, 0.3) is 0 Å². The van der Waals surface area contributed by atoms with E-state index in [2.05, 4.69) is 38.5 Å². The SMILES string of the molecule is CCNC(=NCc1ccc(O)cc1)NC1CCN(Cc2ccccn2)CC1.I. The van der Waals surface area contributed by atoms with Crippen molar-refractivity contribution >= 4 is 29.9 Å². The molecule has 2 heterocycles. The Morgan fingerprint density at radius 3 is 2.57 bits per heavy atom. The summed E-state index contributed by atoms with van der Waals surface area (Å²) in [6.07, 6.45) is 4.05. The molecule has 3 rings (SSSR count). The van der Waals surface area contributed by atoms with E-state index in [9.17, 15) is 5.11 Å². The highest BCUT2D eigenvalue weighted by molar-refractivity contribution is 14.0. The summed E-state index contributed by atoms with van der Waals surface area (Å²) in [7, 11) is 0. The third kappa shape index (κ3) is 7.27. The Balaban J connectivity index is 0.00000280. The molecule has 2 aromatic rings. The molecule has 6 nitrogen and oxygen atoms in total. The zero-order valence-electron chi connectivity index (χ0n) is 16.3. The molecule has 0 bridgehead atoms. The lowest BCUT2D eigenvalue weighted by atomic mass is 10.0. The molecule has 1 aromatic heterocycles. The Hall–Kier alpha value is -1.87. The maximum Gasteiger partial charge on any atom is 0.191 e. The van der Waals surface area contributed by atoms with Crippen molar-refractivity contribution < 1.29 is 5.11 Å². The summed E-state index contributed by atoms with van der Waals surface area (Å²) in [6.45, 7) is 6.54. The van der Waals surface area contributed by atoms with Gasteiger partial charge in [-0.1, -0.05) is 18.2 Å². The van der Waals surface area contributed by atoms with Crippen molar-refractivity contribution in [3.8, 4) is 5.75 Å². The van der Waals surface area contributed by atoms with Gasteiger partial charge in [-0.25, -0.2) is 4.99 Å². The first-order valence-corrected chi connectivity index (χ1v) is 9.68. The number of aromatic nitrogens is 1. The lowest BCUT2D eigenvalue weighted by molar-refractivity contribution is 0.196. The minimum absolute atomic E-state index is 0. The quantitative estimate of drug-likeness (QED) is 0.327. The van der Waals surface area contributed by atoms with Gasteiger partial charge in [-0.3, -0.25) is 9.88 Å². The number of nitrogens with one attached hydrogen (secondary N) is 2. The largest absolute Gasteiger partial charge is 0.508 e. The van der Waals surface area contributed by atoms with E-state index in [1.165, 1.54) is 0 Å². The van der Waals surface area contributed by atoms with Gasteiger partial charge < -0.3 is 15.7 Å². The van der Waals surface area contributed by atoms with Crippen LogP contribution in [0.15, 0.2) is 53.7 Å². The first-order chi connectivity index (χ1) is 13.2. The minimum Gasteiger partial charge on any atom is -0.508 e. The molecule has 3 N–H and O–H groups in total. The van der Waals surface area contributed by atoms with Crippen LogP contribution < -0.4 is 10.6 Å². The predicted octanol–water partition coefficient (Wildman–Crippen LogP) is 3.12. The van der Waals surface area contributed by atoms with Crippen LogP contribution in [0.25, 0.3) is 0 Å². The number of hydrogen-bond donors (Lipinski definition) is 3. The van der Waals surface area contributed by atoms with E-state index in [-0.39, 0.29) is 29.7 Å². The number of rotatable bonds is 6. The molecule has 0 amide bonds. The second kappa shape index (κ2) is 11.9. The Morgan fingerprint density at radius 1 is 1.18 bits per heavy atom. The van der Waals surface area contributed by atoms with Crippen LogP contribution in [0.1, 0.15) is 31.0 Å². The average Bonchev–Trinajstić information content (AvgIpc) is 2.70. The lowest BCUT2D eigenvalue weighted by Gasteiger charge is -2.32. The molecule has 0 spiro atoms. The van der Waals surface area contributed by atoms with Crippen LogP contribution in [0.5, 0.6) is 5.75 Å². The summed E-state index contributed by atoms with van der Waals surface area (Å²) in [5, 5.41) is 16.3. The van der Waals surface area contributed by atoms with Crippen molar-refractivity contribution in [3.05, 3.63) is 59.9 Å². The summed E-state index contributed by atoms with van der Waals surface area (Å²) < 4.78 is 0. The van der Waals surface area contributed by atoms with Crippen LogP contribution in [-0.2, 0) is 13.1 Å². The standard InChI is InChI=1S/C21H29N5O.HI/c1-2-22-21(24-15-17-6-8-20(27)9-7-17)25-18-10-13-26(14-11-18)16-19-5-3-4-12-23-19;/h3-9,12,18,27H,2,10-11,13-16H2,1H3,(H2,22,24,25);1H. The monoisotopic (exact) mass is 495 g/mol. The molecule has 0 atom stereocenters. The maximum atomic E-state index is 9.38. The van der Waals surface area contributed by atoms with Crippen LogP contribution in [0.3, 0.4) is 0 Å². The predicted molar refractivity (Wildman–Crippen MR) is 124 cm³/mol. The van der Waals surface area contributed by atoms with Crippen LogP contribution in [0.4, 0.5) is 0 Å². The van der Waals surface area contributed by atoms with Gasteiger partial charge in [0.15, 0.2) is 5.96 Å². The molecule has 1 saturated heterocycles. The highest BCUT2D eigenvalue weighted by Gasteiger charge is 2.20. The molecule has 0 aliphatic carbocycles. The van der Waals surface area contributed by atoms with Gasteiger partial charge >= 0.3 is 0 Å². The number of nitrogens with zero attached hydrogens (tertiary/aromatic N) is 3. The average molecular weight is 495 g/mol. The molecular weight excluding hydrogens is 465 g/mol. The molecule has 1 aliphatic rings. The smallest absolute Gasteiger partial charge is 0.191 e. The van der Waals surface area contributed by atoms with Crippen LogP contribution in [-0.4, -0.2) is 46.6 Å². The molecule has 1 fully saturated rings. The summed E-state index contributed by atoms with van der Waals surface area (Å²) >= 11 is 0. The van der Waals surface area contributed by atoms with E-state index in [1.807, 2.05) is 30.5 Å². The second-order valence-electron chi connectivity index (χ2n) is 6.88. The van der Waals surface area contributed by atoms with Gasteiger partial charge in [-0.05, 0) is 49.6 Å². The third-order valence-electron chi connectivity index (χ3n) is 4.74. The Labute approximate surface area is 184 Å². The number of hydrogen-bond acceptors (Lipinski definition) is 4. The van der Waals surface area contributed by atoms with Crippen molar-refractivity contribution in [2.75, 3.05) is 19.6 Å². The van der Waals surface area contributed by atoms with Gasteiger partial charge in [0.2, 0.25) is 0 Å². The molecule has 7 heteroatoms. The van der Waals surface area contributed by atoms with E-state index in [0.717, 1.165) is 56.2 Å². The Bertz CT molecular complexity index is 715. The van der Waals surface area contributed by atoms with Crippen LogP contribution >= 0.6 is 24.0 Å². The summed E-state index contributed by atoms with van der Waals surface area (Å²) in [5.41, 5.74) is 2.21. The van der Waals surface area contributed by atoms with E-state index in [0.29, 0.717) is 12.6 Å². The number of halogens is 1. The number of benzene rings is 1. The van der Waals surface area contributed by atoms with Crippen molar-refractivity contribution in [2.45, 2.75) is 38.9 Å². The molecule has 152 valence electrons. The summed E-state index contributed by atoms with van der Waals surface area (Å²) in [4.78, 5) is 11.6. The topological polar surface area (TPSA) is 72.8 Å². The van der Waals surface area contributed by atoms with Crippen molar-refractivity contribution in [1.29, 1.82) is 0 Å². The third-order valence-corrected chi connectivity index (χ3v) is 4.74. The molecule has 0 radical (unpaired) electrons. The molecule has 1 aromatic carbocycles. The van der Waals surface area contributed by atoms with Crippen LogP contribution in [0, 0.1) is 0 Å². The van der Waals surface area contributed by atoms with E-state index >= 15 is 0 Å². The van der Waals surface area contributed by atoms with Crippen molar-refractivity contribution in [2.24, 2.45) is 4.99 Å². The number of aromatic hydroxyl groups is 1. The fourth-order valence-corrected chi connectivity index (χ4v) is 3.24. The maximum absolute atomic E-state index is 9.38. The fraction of sp³-hybridized carbons (Fsp3) is 0.429.